The Morgan fingerprint density at radius 2 is 1.43 bits per heavy atom. The Balaban J connectivity index is 3.07. The molecule has 0 fully saturated rings. The molecule has 134 valence electrons. The van der Waals surface area contributed by atoms with Crippen molar-refractivity contribution in [2.24, 2.45) is 0 Å². The van der Waals surface area contributed by atoms with Gasteiger partial charge in [0.1, 0.15) is 0 Å². The van der Waals surface area contributed by atoms with E-state index in [1.807, 2.05) is 7.05 Å². The molecular weight excluding hydrogens is 305 g/mol. The maximum absolute atomic E-state index is 11.2. The SMILES string of the molecule is CNCCOCCOCCOCCOCCC(=O)NNBC=O. The van der Waals surface area contributed by atoms with Crippen LogP contribution in [0.15, 0.2) is 0 Å². The first-order valence-corrected chi connectivity index (χ1v) is 7.72. The van der Waals surface area contributed by atoms with Gasteiger partial charge in [0.15, 0.2) is 0 Å². The van der Waals surface area contributed by atoms with Crippen LogP contribution < -0.4 is 16.1 Å². The number of hydrazine groups is 1. The van der Waals surface area contributed by atoms with E-state index in [-0.39, 0.29) is 19.7 Å². The minimum atomic E-state index is -0.224. The summed E-state index contributed by atoms with van der Waals surface area (Å²) in [4.78, 5) is 21.2. The molecule has 0 radical (unpaired) electrons. The van der Waals surface area contributed by atoms with Crippen molar-refractivity contribution in [1.29, 1.82) is 0 Å². The van der Waals surface area contributed by atoms with Crippen molar-refractivity contribution in [1.82, 2.24) is 16.1 Å². The molecule has 9 nitrogen and oxygen atoms in total. The van der Waals surface area contributed by atoms with Crippen LogP contribution in [0.1, 0.15) is 6.42 Å². The zero-order valence-electron chi connectivity index (χ0n) is 13.8. The Morgan fingerprint density at radius 3 is 1.96 bits per heavy atom. The summed E-state index contributed by atoms with van der Waals surface area (Å²) in [6.07, 6.45) is 0.886. The highest BCUT2D eigenvalue weighted by Crippen LogP contribution is 1.85. The van der Waals surface area contributed by atoms with Gasteiger partial charge in [-0.1, -0.05) is 0 Å². The number of carbonyl (C=O) groups excluding carboxylic acids is 2. The summed E-state index contributed by atoms with van der Waals surface area (Å²) in [5.74, 6) is -0.224. The monoisotopic (exact) mass is 333 g/mol. The van der Waals surface area contributed by atoms with E-state index < -0.39 is 0 Å². The Labute approximate surface area is 138 Å². The molecule has 23 heavy (non-hydrogen) atoms. The Hall–Kier alpha value is -1.04. The molecule has 0 aromatic carbocycles. The maximum atomic E-state index is 11.2. The van der Waals surface area contributed by atoms with Crippen molar-refractivity contribution >= 4 is 19.5 Å². The molecule has 0 rings (SSSR count). The van der Waals surface area contributed by atoms with E-state index in [0.717, 1.165) is 6.54 Å². The molecule has 0 bridgehead atoms. The molecule has 1 amide bonds. The normalized spacial score (nSPS) is 10.5. The van der Waals surface area contributed by atoms with Crippen LogP contribution in [0.4, 0.5) is 0 Å². The highest BCUT2D eigenvalue weighted by molar-refractivity contribution is 6.64. The first kappa shape index (κ1) is 22.0. The number of carbonyl (C=O) groups is 2. The van der Waals surface area contributed by atoms with Crippen molar-refractivity contribution in [2.75, 3.05) is 66.4 Å². The third-order valence-electron chi connectivity index (χ3n) is 2.50. The second-order valence-corrected chi connectivity index (χ2v) is 4.40. The Bertz CT molecular complexity index is 286. The summed E-state index contributed by atoms with van der Waals surface area (Å²) in [5, 5.41) is 5.45. The molecule has 0 aromatic heterocycles. The molecule has 0 aliphatic rings. The molecule has 0 atom stereocenters. The standard InChI is InChI=1S/C13H28BN3O6/c1-15-3-5-21-7-9-23-11-10-22-8-6-20-4-2-13(19)16-17-14-12-18/h12,14-15,17H,2-11H2,1H3,(H,16,19). The molecule has 3 N–H and O–H groups in total. The van der Waals surface area contributed by atoms with Gasteiger partial charge in [-0.15, -0.1) is 0 Å². The van der Waals surface area contributed by atoms with Crippen molar-refractivity contribution in [3.05, 3.63) is 0 Å². The topological polar surface area (TPSA) is 107 Å². The fourth-order valence-electron chi connectivity index (χ4n) is 1.35. The van der Waals surface area contributed by atoms with E-state index in [9.17, 15) is 9.59 Å². The van der Waals surface area contributed by atoms with Crippen molar-refractivity contribution in [2.45, 2.75) is 6.42 Å². The van der Waals surface area contributed by atoms with Crippen LogP contribution in [0.5, 0.6) is 0 Å². The van der Waals surface area contributed by atoms with Crippen LogP contribution in [-0.2, 0) is 28.5 Å². The van der Waals surface area contributed by atoms with E-state index in [0.29, 0.717) is 59.0 Å². The fraction of sp³-hybridized carbons (Fsp3) is 0.846. The van der Waals surface area contributed by atoms with Crippen molar-refractivity contribution in [3.8, 4) is 0 Å². The van der Waals surface area contributed by atoms with Gasteiger partial charge in [-0.05, 0) is 7.05 Å². The number of nitrogens with one attached hydrogen (secondary N) is 3. The molecule has 0 aliphatic carbocycles. The van der Waals surface area contributed by atoms with E-state index in [1.165, 1.54) is 0 Å². The lowest BCUT2D eigenvalue weighted by Gasteiger charge is -2.07. The predicted octanol–water partition coefficient (Wildman–Crippen LogP) is -2.18. The van der Waals surface area contributed by atoms with Crippen LogP contribution >= 0.6 is 0 Å². The summed E-state index contributed by atoms with van der Waals surface area (Å²) < 4.78 is 21.2. The number of hydrogen-bond acceptors (Lipinski definition) is 8. The zero-order valence-corrected chi connectivity index (χ0v) is 13.8. The predicted molar refractivity (Wildman–Crippen MR) is 87.0 cm³/mol. The van der Waals surface area contributed by atoms with Crippen molar-refractivity contribution in [3.63, 3.8) is 0 Å². The first-order valence-electron chi connectivity index (χ1n) is 7.72. The largest absolute Gasteiger partial charge is 0.379 e. The first-order chi connectivity index (χ1) is 11.3. The molecule has 10 heteroatoms. The van der Waals surface area contributed by atoms with Gasteiger partial charge in [-0.3, -0.25) is 10.1 Å². The lowest BCUT2D eigenvalue weighted by atomic mass is 10.0. The quantitative estimate of drug-likeness (QED) is 0.113. The van der Waals surface area contributed by atoms with E-state index in [4.69, 9.17) is 18.9 Å². The van der Waals surface area contributed by atoms with Gasteiger partial charge in [-0.25, -0.2) is 0 Å². The van der Waals surface area contributed by atoms with Crippen molar-refractivity contribution < 1.29 is 28.5 Å². The smallest absolute Gasteiger partial charge is 0.299 e. The number of likely N-dealkylation sites (N-methyl/N-ethyl adjacent to an activating group) is 1. The molecule has 0 aliphatic heterocycles. The number of rotatable bonds is 18. The molecule has 0 heterocycles. The molecule has 0 saturated heterocycles. The third-order valence-corrected chi connectivity index (χ3v) is 2.50. The van der Waals surface area contributed by atoms with Gasteiger partial charge in [0, 0.05) is 6.54 Å². The van der Waals surface area contributed by atoms with E-state index in [1.54, 1.807) is 0 Å². The highest BCUT2D eigenvalue weighted by atomic mass is 16.6. The minimum absolute atomic E-state index is 0.0879. The van der Waals surface area contributed by atoms with Gasteiger partial charge in [0.05, 0.1) is 65.5 Å². The van der Waals surface area contributed by atoms with E-state index in [2.05, 4.69) is 16.1 Å². The molecule has 0 unspecified atom stereocenters. The molecule has 0 spiro atoms. The van der Waals surface area contributed by atoms with Gasteiger partial charge in [0.25, 0.3) is 7.41 Å². The molecular formula is C13H28BN3O6. The van der Waals surface area contributed by atoms with Crippen LogP contribution in [0.3, 0.4) is 0 Å². The van der Waals surface area contributed by atoms with Crippen LogP contribution in [0.25, 0.3) is 0 Å². The number of amides is 1. The molecule has 0 saturated carbocycles. The average molecular weight is 333 g/mol. The van der Waals surface area contributed by atoms with Gasteiger partial charge in [0.2, 0.25) is 5.91 Å². The van der Waals surface area contributed by atoms with Gasteiger partial charge < -0.3 is 34.5 Å². The summed E-state index contributed by atoms with van der Waals surface area (Å²) >= 11 is 0. The summed E-state index contributed by atoms with van der Waals surface area (Å²) in [7, 11) is 1.97. The van der Waals surface area contributed by atoms with Crippen LogP contribution in [0, 0.1) is 0 Å². The minimum Gasteiger partial charge on any atom is -0.379 e. The maximum Gasteiger partial charge on any atom is 0.299 e. The van der Waals surface area contributed by atoms with Gasteiger partial charge in [-0.2, -0.15) is 0 Å². The number of hydrogen-bond donors (Lipinski definition) is 3. The summed E-state index contributed by atoms with van der Waals surface area (Å²) in [6, 6.07) is 0. The van der Waals surface area contributed by atoms with Crippen LogP contribution in [0.2, 0.25) is 0 Å². The highest BCUT2D eigenvalue weighted by Gasteiger charge is 2.00. The lowest BCUT2D eigenvalue weighted by Crippen LogP contribution is -2.40. The Morgan fingerprint density at radius 1 is 0.913 bits per heavy atom. The number of ether oxygens (including phenoxy) is 4. The second-order valence-electron chi connectivity index (χ2n) is 4.40. The van der Waals surface area contributed by atoms with E-state index >= 15 is 0 Å². The average Bonchev–Trinajstić information content (AvgIpc) is 2.55. The Kier molecular flexibility index (Phi) is 18.2. The molecule has 0 aromatic rings. The zero-order chi connectivity index (χ0) is 17.0. The van der Waals surface area contributed by atoms with Crippen LogP contribution in [-0.4, -0.2) is 86.0 Å². The second kappa shape index (κ2) is 19.0. The third kappa shape index (κ3) is 18.9. The summed E-state index contributed by atoms with van der Waals surface area (Å²) in [5.41, 5.74) is 2.37. The lowest BCUT2D eigenvalue weighted by molar-refractivity contribution is -0.122. The summed E-state index contributed by atoms with van der Waals surface area (Å²) in [6.45, 7) is 4.83. The fourth-order valence-corrected chi connectivity index (χ4v) is 1.35. The van der Waals surface area contributed by atoms with Gasteiger partial charge >= 0.3 is 0 Å².